The van der Waals surface area contributed by atoms with E-state index in [1.54, 1.807) is 7.11 Å². The number of nitrogens with zero attached hydrogens (tertiary/aromatic N) is 2. The minimum absolute atomic E-state index is 0.0615. The molecule has 1 aromatic heterocycles. The Balaban J connectivity index is 2.74. The molecule has 0 radical (unpaired) electrons. The number of ether oxygens (including phenoxy) is 1. The topological polar surface area (TPSA) is 61.0 Å². The van der Waals surface area contributed by atoms with Crippen molar-refractivity contribution in [3.8, 4) is 0 Å². The second-order valence-electron chi connectivity index (χ2n) is 1.87. The Morgan fingerprint density at radius 1 is 1.70 bits per heavy atom. The lowest BCUT2D eigenvalue weighted by Crippen LogP contribution is -1.98. The predicted molar refractivity (Wildman–Crippen MR) is 39.7 cm³/mol. The zero-order valence-electron chi connectivity index (χ0n) is 5.87. The Bertz CT molecular complexity index is 212. The maximum atomic E-state index is 5.36. The van der Waals surface area contributed by atoms with Crippen LogP contribution in [0.3, 0.4) is 0 Å². The first-order valence-electron chi connectivity index (χ1n) is 2.86. The molecule has 0 aliphatic heterocycles. The third kappa shape index (κ3) is 1.43. The van der Waals surface area contributed by atoms with E-state index in [4.69, 9.17) is 10.5 Å². The van der Waals surface area contributed by atoms with Gasteiger partial charge in [0, 0.05) is 18.6 Å². The molecule has 1 atom stereocenters. The summed E-state index contributed by atoms with van der Waals surface area (Å²) in [7, 11) is 1.61. The smallest absolute Gasteiger partial charge is 0.200 e. The molecule has 0 aliphatic carbocycles. The largest absolute Gasteiger partial charge is 0.374 e. The number of nitrogens with two attached hydrogens (primary N) is 1. The number of nitrogen functional groups attached to an aromatic ring is 1. The van der Waals surface area contributed by atoms with E-state index in [1.165, 1.54) is 11.5 Å². The van der Waals surface area contributed by atoms with E-state index in [2.05, 4.69) is 9.36 Å². The zero-order chi connectivity index (χ0) is 7.56. The van der Waals surface area contributed by atoms with Gasteiger partial charge in [0.1, 0.15) is 6.10 Å². The van der Waals surface area contributed by atoms with Crippen LogP contribution in [0.4, 0.5) is 5.13 Å². The average molecular weight is 159 g/mol. The van der Waals surface area contributed by atoms with Crippen molar-refractivity contribution in [2.45, 2.75) is 13.0 Å². The van der Waals surface area contributed by atoms with Crippen LogP contribution in [0.1, 0.15) is 18.9 Å². The molecule has 0 saturated heterocycles. The van der Waals surface area contributed by atoms with Gasteiger partial charge in [0.2, 0.25) is 0 Å². The highest BCUT2D eigenvalue weighted by Gasteiger charge is 2.08. The fraction of sp³-hybridized carbons (Fsp3) is 0.600. The first-order chi connectivity index (χ1) is 4.74. The number of rotatable bonds is 2. The summed E-state index contributed by atoms with van der Waals surface area (Å²) >= 11 is 1.18. The molecule has 0 amide bonds. The second-order valence-corrected chi connectivity index (χ2v) is 2.65. The van der Waals surface area contributed by atoms with E-state index in [9.17, 15) is 0 Å². The van der Waals surface area contributed by atoms with Crippen molar-refractivity contribution in [2.75, 3.05) is 12.8 Å². The Hall–Kier alpha value is -0.680. The molecule has 1 aromatic rings. The molecule has 0 aliphatic rings. The molecule has 0 unspecified atom stereocenters. The summed E-state index contributed by atoms with van der Waals surface area (Å²) in [5.74, 6) is 0.657. The Morgan fingerprint density at radius 2 is 2.40 bits per heavy atom. The standard InChI is InChI=1S/C5H9N3OS/c1-3(9-2)4-7-5(6)10-8-4/h3H,1-2H3,(H2,6,7,8)/t3-/m1/s1. The lowest BCUT2D eigenvalue weighted by Gasteiger charge is -2.01. The summed E-state index contributed by atoms with van der Waals surface area (Å²) in [5.41, 5.74) is 5.36. The quantitative estimate of drug-likeness (QED) is 0.694. The molecule has 1 rings (SSSR count). The molecule has 2 N–H and O–H groups in total. The van der Waals surface area contributed by atoms with Crippen molar-refractivity contribution in [2.24, 2.45) is 0 Å². The number of aromatic nitrogens is 2. The van der Waals surface area contributed by atoms with Crippen LogP contribution in [0.15, 0.2) is 0 Å². The number of hydrogen-bond donors (Lipinski definition) is 1. The highest BCUT2D eigenvalue weighted by atomic mass is 32.1. The number of anilines is 1. The summed E-state index contributed by atoms with van der Waals surface area (Å²) in [4.78, 5) is 3.94. The molecule has 0 spiro atoms. The van der Waals surface area contributed by atoms with Crippen molar-refractivity contribution >= 4 is 16.7 Å². The van der Waals surface area contributed by atoms with E-state index in [0.717, 1.165) is 0 Å². The molecule has 0 saturated carbocycles. The van der Waals surface area contributed by atoms with E-state index in [-0.39, 0.29) is 6.10 Å². The second kappa shape index (κ2) is 2.94. The molecule has 0 aromatic carbocycles. The third-order valence-corrected chi connectivity index (χ3v) is 1.73. The molecular weight excluding hydrogens is 150 g/mol. The summed E-state index contributed by atoms with van der Waals surface area (Å²) < 4.78 is 8.94. The maximum Gasteiger partial charge on any atom is 0.200 e. The van der Waals surface area contributed by atoms with E-state index >= 15 is 0 Å². The molecule has 1 heterocycles. The molecular formula is C5H9N3OS. The van der Waals surface area contributed by atoms with Gasteiger partial charge in [-0.05, 0) is 6.92 Å². The van der Waals surface area contributed by atoms with Crippen LogP contribution < -0.4 is 5.73 Å². The van der Waals surface area contributed by atoms with Crippen molar-refractivity contribution in [1.29, 1.82) is 0 Å². The Labute approximate surface area is 63.2 Å². The van der Waals surface area contributed by atoms with E-state index < -0.39 is 0 Å². The van der Waals surface area contributed by atoms with Gasteiger partial charge in [-0.15, -0.1) is 0 Å². The molecule has 10 heavy (non-hydrogen) atoms. The fourth-order valence-corrected chi connectivity index (χ4v) is 1.03. The zero-order valence-corrected chi connectivity index (χ0v) is 6.68. The average Bonchev–Trinajstić information content (AvgIpc) is 2.34. The monoisotopic (exact) mass is 159 g/mol. The van der Waals surface area contributed by atoms with Gasteiger partial charge in [-0.1, -0.05) is 0 Å². The van der Waals surface area contributed by atoms with Crippen molar-refractivity contribution in [3.63, 3.8) is 0 Å². The van der Waals surface area contributed by atoms with Gasteiger partial charge in [0.25, 0.3) is 0 Å². The molecule has 56 valence electrons. The van der Waals surface area contributed by atoms with Crippen LogP contribution >= 0.6 is 11.5 Å². The normalized spacial score (nSPS) is 13.4. The minimum Gasteiger partial charge on any atom is -0.374 e. The number of methoxy groups -OCH3 is 1. The lowest BCUT2D eigenvalue weighted by atomic mass is 10.4. The van der Waals surface area contributed by atoms with Crippen LogP contribution in [-0.2, 0) is 4.74 Å². The van der Waals surface area contributed by atoms with Crippen molar-refractivity contribution < 1.29 is 4.74 Å². The summed E-state index contributed by atoms with van der Waals surface area (Å²) in [6, 6.07) is 0. The van der Waals surface area contributed by atoms with Gasteiger partial charge < -0.3 is 10.5 Å². The molecule has 0 bridgehead atoms. The number of hydrogen-bond acceptors (Lipinski definition) is 5. The molecule has 5 heteroatoms. The van der Waals surface area contributed by atoms with Crippen LogP contribution in [0.2, 0.25) is 0 Å². The Morgan fingerprint density at radius 3 is 2.80 bits per heavy atom. The maximum absolute atomic E-state index is 5.36. The SMILES string of the molecule is CO[C@H](C)c1nsc(N)n1. The van der Waals surface area contributed by atoms with Crippen LogP contribution in [-0.4, -0.2) is 16.5 Å². The highest BCUT2D eigenvalue weighted by molar-refractivity contribution is 7.09. The van der Waals surface area contributed by atoms with Crippen LogP contribution in [0, 0.1) is 0 Å². The lowest BCUT2D eigenvalue weighted by molar-refractivity contribution is 0.113. The van der Waals surface area contributed by atoms with Gasteiger partial charge in [-0.3, -0.25) is 0 Å². The predicted octanol–water partition coefficient (Wildman–Crippen LogP) is 0.828. The Kier molecular flexibility index (Phi) is 2.18. The minimum atomic E-state index is -0.0615. The van der Waals surface area contributed by atoms with Gasteiger partial charge in [0.05, 0.1) is 0 Å². The molecule has 0 fully saturated rings. The van der Waals surface area contributed by atoms with E-state index in [0.29, 0.717) is 11.0 Å². The summed E-state index contributed by atoms with van der Waals surface area (Å²) in [5, 5.41) is 0.485. The van der Waals surface area contributed by atoms with E-state index in [1.807, 2.05) is 6.92 Å². The fourth-order valence-electron chi connectivity index (χ4n) is 0.518. The first kappa shape index (κ1) is 7.43. The van der Waals surface area contributed by atoms with Gasteiger partial charge in [-0.25, -0.2) is 4.98 Å². The van der Waals surface area contributed by atoms with Crippen molar-refractivity contribution in [1.82, 2.24) is 9.36 Å². The third-order valence-electron chi connectivity index (χ3n) is 1.17. The van der Waals surface area contributed by atoms with Crippen LogP contribution in [0.25, 0.3) is 0 Å². The van der Waals surface area contributed by atoms with Gasteiger partial charge in [0.15, 0.2) is 11.0 Å². The first-order valence-corrected chi connectivity index (χ1v) is 3.63. The summed E-state index contributed by atoms with van der Waals surface area (Å²) in [6.07, 6.45) is -0.0615. The molecule has 4 nitrogen and oxygen atoms in total. The van der Waals surface area contributed by atoms with Crippen LogP contribution in [0.5, 0.6) is 0 Å². The van der Waals surface area contributed by atoms with Gasteiger partial charge in [-0.2, -0.15) is 4.37 Å². The highest BCUT2D eigenvalue weighted by Crippen LogP contribution is 2.15. The van der Waals surface area contributed by atoms with Crippen molar-refractivity contribution in [3.05, 3.63) is 5.82 Å². The summed E-state index contributed by atoms with van der Waals surface area (Å²) in [6.45, 7) is 1.88. The van der Waals surface area contributed by atoms with Gasteiger partial charge >= 0.3 is 0 Å².